The molecule has 3 rings (SSSR count). The summed E-state index contributed by atoms with van der Waals surface area (Å²) in [6, 6.07) is 18.3. The fraction of sp³-hybridized carbons (Fsp3) is 0.100. The first kappa shape index (κ1) is 17.3. The van der Waals surface area contributed by atoms with E-state index in [9.17, 15) is 9.59 Å². The number of nitrogens with two attached hydrogens (primary N) is 1. The Morgan fingerprint density at radius 2 is 1.73 bits per heavy atom. The first-order chi connectivity index (χ1) is 12.6. The minimum Gasteiger partial charge on any atom is -0.493 e. The van der Waals surface area contributed by atoms with E-state index in [2.05, 4.69) is 5.32 Å². The van der Waals surface area contributed by atoms with Crippen molar-refractivity contribution in [1.82, 2.24) is 0 Å². The van der Waals surface area contributed by atoms with Gasteiger partial charge in [0.15, 0.2) is 18.1 Å². The largest absolute Gasteiger partial charge is 0.493 e. The molecule has 6 nitrogen and oxygen atoms in total. The number of fused-ring (bicyclic) bond motifs is 1. The molecule has 0 heterocycles. The monoisotopic (exact) mass is 350 g/mol. The van der Waals surface area contributed by atoms with Gasteiger partial charge in [0.2, 0.25) is 0 Å². The third-order valence-electron chi connectivity index (χ3n) is 3.80. The van der Waals surface area contributed by atoms with Crippen LogP contribution in [0, 0.1) is 0 Å². The maximum Gasteiger partial charge on any atom is 0.255 e. The molecule has 0 aliphatic heterocycles. The number of ether oxygens (including phenoxy) is 2. The lowest BCUT2D eigenvalue weighted by Crippen LogP contribution is -2.20. The maximum atomic E-state index is 12.5. The summed E-state index contributed by atoms with van der Waals surface area (Å²) < 4.78 is 10.5. The Bertz CT molecular complexity index is 969. The van der Waals surface area contributed by atoms with Crippen LogP contribution < -0.4 is 20.5 Å². The van der Waals surface area contributed by atoms with Crippen molar-refractivity contribution in [1.29, 1.82) is 0 Å². The molecule has 2 amide bonds. The fourth-order valence-electron chi connectivity index (χ4n) is 2.55. The Kier molecular flexibility index (Phi) is 5.03. The van der Waals surface area contributed by atoms with Gasteiger partial charge in [-0.05, 0) is 41.1 Å². The summed E-state index contributed by atoms with van der Waals surface area (Å²) in [5.41, 5.74) is 6.17. The van der Waals surface area contributed by atoms with E-state index in [4.69, 9.17) is 15.2 Å². The number of hydrogen-bond acceptors (Lipinski definition) is 4. The molecular weight excluding hydrogens is 332 g/mol. The Morgan fingerprint density at radius 3 is 2.46 bits per heavy atom. The Balaban J connectivity index is 1.78. The molecule has 0 atom stereocenters. The third-order valence-corrected chi connectivity index (χ3v) is 3.80. The van der Waals surface area contributed by atoms with Crippen molar-refractivity contribution in [3.05, 3.63) is 66.2 Å². The van der Waals surface area contributed by atoms with Gasteiger partial charge in [-0.15, -0.1) is 0 Å². The molecular formula is C20H18N2O4. The quantitative estimate of drug-likeness (QED) is 0.715. The molecule has 3 aromatic rings. The number of primary amides is 1. The van der Waals surface area contributed by atoms with Gasteiger partial charge in [-0.25, -0.2) is 0 Å². The zero-order chi connectivity index (χ0) is 18.5. The van der Waals surface area contributed by atoms with Crippen LogP contribution >= 0.6 is 0 Å². The first-order valence-corrected chi connectivity index (χ1v) is 7.96. The number of anilines is 1. The Hall–Kier alpha value is -3.54. The molecule has 0 aliphatic carbocycles. The van der Waals surface area contributed by atoms with Gasteiger partial charge in [0.05, 0.1) is 7.11 Å². The molecule has 3 N–H and O–H groups in total. The summed E-state index contributed by atoms with van der Waals surface area (Å²) in [5, 5.41) is 5.00. The van der Waals surface area contributed by atoms with Crippen molar-refractivity contribution in [2.24, 2.45) is 5.73 Å². The van der Waals surface area contributed by atoms with Crippen molar-refractivity contribution < 1.29 is 19.1 Å². The normalized spacial score (nSPS) is 10.3. The van der Waals surface area contributed by atoms with Crippen LogP contribution in [0.5, 0.6) is 11.5 Å². The number of nitrogens with one attached hydrogen (secondary N) is 1. The molecule has 0 unspecified atom stereocenters. The Morgan fingerprint density at radius 1 is 0.962 bits per heavy atom. The summed E-state index contributed by atoms with van der Waals surface area (Å²) in [5.74, 6) is -0.184. The van der Waals surface area contributed by atoms with Crippen molar-refractivity contribution in [3.8, 4) is 11.5 Å². The molecule has 3 aromatic carbocycles. The van der Waals surface area contributed by atoms with Crippen molar-refractivity contribution in [2.45, 2.75) is 0 Å². The van der Waals surface area contributed by atoms with Crippen molar-refractivity contribution in [3.63, 3.8) is 0 Å². The van der Waals surface area contributed by atoms with Gasteiger partial charge in [-0.2, -0.15) is 0 Å². The second-order valence-corrected chi connectivity index (χ2v) is 5.64. The highest BCUT2D eigenvalue weighted by molar-refractivity contribution is 6.05. The predicted molar refractivity (Wildman–Crippen MR) is 99.6 cm³/mol. The van der Waals surface area contributed by atoms with Gasteiger partial charge in [0.25, 0.3) is 11.8 Å². The zero-order valence-electron chi connectivity index (χ0n) is 14.2. The average Bonchev–Trinajstić information content (AvgIpc) is 2.66. The van der Waals surface area contributed by atoms with Gasteiger partial charge < -0.3 is 20.5 Å². The highest BCUT2D eigenvalue weighted by atomic mass is 16.5. The van der Waals surface area contributed by atoms with Crippen LogP contribution in [0.4, 0.5) is 5.69 Å². The van der Waals surface area contributed by atoms with E-state index in [-0.39, 0.29) is 12.5 Å². The highest BCUT2D eigenvalue weighted by Gasteiger charge is 2.12. The van der Waals surface area contributed by atoms with E-state index >= 15 is 0 Å². The standard InChI is InChI=1S/C20H18N2O4/c1-25-18-11-15(7-9-17(18)26-12-19(21)23)20(24)22-16-8-6-13-4-2-3-5-14(13)10-16/h2-11H,12H2,1H3,(H2,21,23)(H,22,24). The minimum atomic E-state index is -0.592. The zero-order valence-corrected chi connectivity index (χ0v) is 14.2. The molecule has 0 saturated carbocycles. The van der Waals surface area contributed by atoms with E-state index < -0.39 is 5.91 Å². The number of hydrogen-bond donors (Lipinski definition) is 2. The fourth-order valence-corrected chi connectivity index (χ4v) is 2.55. The summed E-state index contributed by atoms with van der Waals surface area (Å²) in [6.07, 6.45) is 0. The lowest BCUT2D eigenvalue weighted by atomic mass is 10.1. The minimum absolute atomic E-state index is 0.265. The first-order valence-electron chi connectivity index (χ1n) is 7.96. The second-order valence-electron chi connectivity index (χ2n) is 5.64. The van der Waals surface area contributed by atoms with Crippen LogP contribution in [0.15, 0.2) is 60.7 Å². The molecule has 0 aliphatic rings. The summed E-state index contributed by atoms with van der Waals surface area (Å²) in [7, 11) is 1.46. The lowest BCUT2D eigenvalue weighted by Gasteiger charge is -2.12. The SMILES string of the molecule is COc1cc(C(=O)Nc2ccc3ccccc3c2)ccc1OCC(N)=O. The van der Waals surface area contributed by atoms with E-state index in [1.807, 2.05) is 42.5 Å². The number of amides is 2. The van der Waals surface area contributed by atoms with Crippen LogP contribution in [0.1, 0.15) is 10.4 Å². The molecule has 0 bridgehead atoms. The van der Waals surface area contributed by atoms with Crippen molar-refractivity contribution >= 4 is 28.3 Å². The van der Waals surface area contributed by atoms with Crippen LogP contribution in [-0.4, -0.2) is 25.5 Å². The molecule has 0 aromatic heterocycles. The van der Waals surface area contributed by atoms with Crippen LogP contribution in [-0.2, 0) is 4.79 Å². The predicted octanol–water partition coefficient (Wildman–Crippen LogP) is 2.96. The number of benzene rings is 3. The van der Waals surface area contributed by atoms with Crippen LogP contribution in [0.3, 0.4) is 0 Å². The summed E-state index contributed by atoms with van der Waals surface area (Å²) in [4.78, 5) is 23.4. The van der Waals surface area contributed by atoms with Gasteiger partial charge in [-0.1, -0.05) is 30.3 Å². The maximum absolute atomic E-state index is 12.5. The number of carbonyl (C=O) groups excluding carboxylic acids is 2. The number of rotatable bonds is 6. The van der Waals surface area contributed by atoms with E-state index in [1.165, 1.54) is 7.11 Å². The lowest BCUT2D eigenvalue weighted by molar-refractivity contribution is -0.119. The van der Waals surface area contributed by atoms with E-state index in [0.717, 1.165) is 10.8 Å². The molecule has 6 heteroatoms. The number of methoxy groups -OCH3 is 1. The third kappa shape index (κ3) is 3.92. The van der Waals surface area contributed by atoms with Gasteiger partial charge >= 0.3 is 0 Å². The Labute approximate surface area is 150 Å². The van der Waals surface area contributed by atoms with Crippen LogP contribution in [0.25, 0.3) is 10.8 Å². The highest BCUT2D eigenvalue weighted by Crippen LogP contribution is 2.28. The summed E-state index contributed by atoms with van der Waals surface area (Å²) >= 11 is 0. The van der Waals surface area contributed by atoms with Gasteiger partial charge in [-0.3, -0.25) is 9.59 Å². The second kappa shape index (κ2) is 7.57. The molecule has 0 fully saturated rings. The van der Waals surface area contributed by atoms with E-state index in [1.54, 1.807) is 18.2 Å². The molecule has 132 valence electrons. The molecule has 0 saturated heterocycles. The van der Waals surface area contributed by atoms with Gasteiger partial charge in [0.1, 0.15) is 0 Å². The molecule has 0 radical (unpaired) electrons. The smallest absolute Gasteiger partial charge is 0.255 e. The molecule has 0 spiro atoms. The van der Waals surface area contributed by atoms with Crippen LogP contribution in [0.2, 0.25) is 0 Å². The topological polar surface area (TPSA) is 90.7 Å². The molecule has 26 heavy (non-hydrogen) atoms. The number of carbonyl (C=O) groups is 2. The van der Waals surface area contributed by atoms with E-state index in [0.29, 0.717) is 22.7 Å². The van der Waals surface area contributed by atoms with Crippen molar-refractivity contribution in [2.75, 3.05) is 19.0 Å². The average molecular weight is 350 g/mol. The van der Waals surface area contributed by atoms with Gasteiger partial charge in [0, 0.05) is 11.3 Å². The summed E-state index contributed by atoms with van der Waals surface area (Å²) in [6.45, 7) is -0.265.